The van der Waals surface area contributed by atoms with Gasteiger partial charge in [-0.05, 0) is 102 Å². The van der Waals surface area contributed by atoms with Crippen LogP contribution in [0.15, 0.2) is 234 Å². The number of anilines is 5. The molecule has 0 atom stereocenters. The number of para-hydroxylation sites is 7. The predicted octanol–water partition coefficient (Wildman–Crippen LogP) is 21.1. The van der Waals surface area contributed by atoms with Crippen molar-refractivity contribution in [3.8, 4) is 0 Å². The number of fused-ring (bicyclic) bond motifs is 18. The van der Waals surface area contributed by atoms with Gasteiger partial charge in [0, 0.05) is 93.0 Å². The second kappa shape index (κ2) is 16.4. The molecule has 0 unspecified atom stereocenters. The van der Waals surface area contributed by atoms with Gasteiger partial charge < -0.3 is 27.4 Å². The van der Waals surface area contributed by atoms with Gasteiger partial charge in [0.25, 0.3) is 0 Å². The predicted molar refractivity (Wildman–Crippen MR) is 335 cm³/mol. The summed E-state index contributed by atoms with van der Waals surface area (Å²) in [7, 11) is 0. The fourth-order valence-corrected chi connectivity index (χ4v) is 13.5. The third-order valence-corrected chi connectivity index (χ3v) is 17.0. The van der Waals surface area contributed by atoms with Crippen molar-refractivity contribution >= 4 is 149 Å². The van der Waals surface area contributed by atoms with E-state index in [1.807, 2.05) is 18.2 Å². The van der Waals surface area contributed by atoms with Gasteiger partial charge in [-0.25, -0.2) is 0 Å². The molecule has 79 heavy (non-hydrogen) atoms. The maximum absolute atomic E-state index is 7.01. The summed E-state index contributed by atoms with van der Waals surface area (Å²) < 4.78 is 18.9. The third-order valence-electron chi connectivity index (χ3n) is 17.0. The van der Waals surface area contributed by atoms with Gasteiger partial charge in [-0.3, -0.25) is 0 Å². The zero-order valence-corrected chi connectivity index (χ0v) is 44.7. The molecule has 0 aliphatic rings. The average molecular weight is 1020 g/mol. The van der Waals surface area contributed by atoms with Crippen LogP contribution in [0.4, 0.5) is 28.4 Å². The number of aromatic nitrogens is 2. The summed E-state index contributed by atoms with van der Waals surface area (Å²) in [5, 5.41) is 14.2. The lowest BCUT2D eigenvalue weighted by atomic mass is 9.86. The van der Waals surface area contributed by atoms with E-state index >= 15 is 0 Å². The smallest absolute Gasteiger partial charge is 0.159 e. The summed E-state index contributed by atoms with van der Waals surface area (Å²) in [6.07, 6.45) is 5.75. The van der Waals surface area contributed by atoms with Crippen molar-refractivity contribution < 1.29 is 8.83 Å². The first-order valence-electron chi connectivity index (χ1n) is 27.4. The van der Waals surface area contributed by atoms with Crippen LogP contribution >= 0.6 is 0 Å². The van der Waals surface area contributed by atoms with E-state index in [9.17, 15) is 0 Å². The Morgan fingerprint density at radius 3 is 1.51 bits per heavy atom. The lowest BCUT2D eigenvalue weighted by Gasteiger charge is -2.26. The first kappa shape index (κ1) is 45.4. The minimum absolute atomic E-state index is 0.0813. The standard InChI is InChI=1S/C73H54N4O2/c1-8-19-43(9-2)74(63-32-17-29-54-52-27-13-22-47(42(3)4)69(52)78-71(54)63)45-34-36-61-56(38-45)48-23-14-25-50-58-41-66-59(40-65(58)76(61)67(48)50)51-26-15-24-49-57-39-46(35-37-62(57)77(66)68(49)51)75(44-20-11-10-12-21-44)64-33-18-30-55-53-28-16-31-60(73(5,6)7)70(53)79-72(55)64/h8-42H,1-2H2,3-7H3/b43-19+. The molecular weight excluding hydrogens is 965 g/mol. The first-order valence-corrected chi connectivity index (χ1v) is 27.4. The van der Waals surface area contributed by atoms with E-state index in [0.29, 0.717) is 5.92 Å². The number of allylic oxidation sites excluding steroid dienone is 3. The zero-order chi connectivity index (χ0) is 53.2. The quantitative estimate of drug-likeness (QED) is 0.135. The number of furan rings is 2. The SMILES string of the molecule is C=C/C=C(\C=C)N(c1ccc2c(c1)c1cccc3c4cc5c(cc4n2c13)c1cccc2c3cc(N(c4ccccc4)c4cccc6c4oc4c(C(C)(C)C)cccc46)ccc3n5c21)c1cccc2c1oc1c(C(C)C)cccc12. The van der Waals surface area contributed by atoms with Gasteiger partial charge >= 0.3 is 0 Å². The van der Waals surface area contributed by atoms with Crippen LogP contribution in [0.5, 0.6) is 0 Å². The molecule has 0 amide bonds. The number of nitrogens with zero attached hydrogens (tertiary/aromatic N) is 4. The number of hydrogen-bond donors (Lipinski definition) is 0. The summed E-state index contributed by atoms with van der Waals surface area (Å²) in [6, 6.07) is 69.1. The molecule has 0 fully saturated rings. The van der Waals surface area contributed by atoms with Gasteiger partial charge in [0.15, 0.2) is 11.2 Å². The van der Waals surface area contributed by atoms with Gasteiger partial charge in [-0.2, -0.15) is 0 Å². The second-order valence-electron chi connectivity index (χ2n) is 22.7. The van der Waals surface area contributed by atoms with Gasteiger partial charge in [-0.1, -0.05) is 169 Å². The molecular formula is C73H54N4O2. The van der Waals surface area contributed by atoms with E-state index in [0.717, 1.165) is 83.5 Å². The van der Waals surface area contributed by atoms with E-state index in [2.05, 4.69) is 254 Å². The van der Waals surface area contributed by atoms with Crippen LogP contribution in [-0.2, 0) is 5.41 Å². The molecule has 0 aliphatic heterocycles. The van der Waals surface area contributed by atoms with Crippen LogP contribution in [0.25, 0.3) is 120 Å². The Morgan fingerprint density at radius 2 is 0.924 bits per heavy atom. The maximum Gasteiger partial charge on any atom is 0.159 e. The van der Waals surface area contributed by atoms with Crippen molar-refractivity contribution in [1.82, 2.24) is 8.80 Å². The summed E-state index contributed by atoms with van der Waals surface area (Å²) in [5.74, 6) is 0.314. The second-order valence-corrected chi connectivity index (χ2v) is 22.7. The molecule has 6 aromatic heterocycles. The zero-order valence-electron chi connectivity index (χ0n) is 44.7. The Balaban J connectivity index is 0.877. The van der Waals surface area contributed by atoms with E-state index in [1.165, 1.54) is 81.8 Å². The number of hydrogen-bond acceptors (Lipinski definition) is 4. The molecule has 0 aliphatic carbocycles. The van der Waals surface area contributed by atoms with Gasteiger partial charge in [-0.15, -0.1) is 0 Å². The van der Waals surface area contributed by atoms with E-state index < -0.39 is 0 Å². The van der Waals surface area contributed by atoms with Crippen LogP contribution in [0.1, 0.15) is 51.7 Å². The maximum atomic E-state index is 7.01. The molecule has 0 saturated heterocycles. The number of benzene rings is 10. The fraction of sp³-hybridized carbons (Fsp3) is 0.0959. The molecule has 10 aromatic carbocycles. The van der Waals surface area contributed by atoms with Crippen molar-refractivity contribution in [1.29, 1.82) is 0 Å². The highest BCUT2D eigenvalue weighted by Gasteiger charge is 2.28. The van der Waals surface area contributed by atoms with Gasteiger partial charge in [0.1, 0.15) is 11.2 Å². The van der Waals surface area contributed by atoms with Gasteiger partial charge in [0.05, 0.1) is 44.5 Å². The molecule has 0 spiro atoms. The average Bonchev–Trinajstić information content (AvgIpc) is 2.93. The number of rotatable bonds is 9. The van der Waals surface area contributed by atoms with Crippen molar-refractivity contribution in [3.05, 3.63) is 236 Å². The Kier molecular flexibility index (Phi) is 9.41. The van der Waals surface area contributed by atoms with Crippen LogP contribution in [0.3, 0.4) is 0 Å². The topological polar surface area (TPSA) is 41.6 Å². The molecule has 378 valence electrons. The summed E-state index contributed by atoms with van der Waals surface area (Å²) >= 11 is 0. The lowest BCUT2D eigenvalue weighted by Crippen LogP contribution is -2.15. The van der Waals surface area contributed by atoms with E-state index in [-0.39, 0.29) is 5.41 Å². The molecule has 16 aromatic rings. The Bertz CT molecular complexity index is 5270. The van der Waals surface area contributed by atoms with Crippen molar-refractivity contribution in [3.63, 3.8) is 0 Å². The van der Waals surface area contributed by atoms with Gasteiger partial charge in [0.2, 0.25) is 0 Å². The molecule has 16 rings (SSSR count). The van der Waals surface area contributed by atoms with Crippen LogP contribution in [0.2, 0.25) is 0 Å². The highest BCUT2D eigenvalue weighted by atomic mass is 16.3. The summed E-state index contributed by atoms with van der Waals surface area (Å²) in [5.41, 5.74) is 19.1. The molecule has 0 N–H and O–H groups in total. The highest BCUT2D eigenvalue weighted by molar-refractivity contribution is 6.29. The molecule has 0 bridgehead atoms. The molecule has 0 saturated carbocycles. The van der Waals surface area contributed by atoms with E-state index in [1.54, 1.807) is 0 Å². The molecule has 6 heteroatoms. The van der Waals surface area contributed by atoms with Crippen molar-refractivity contribution in [2.24, 2.45) is 0 Å². The third kappa shape index (κ3) is 6.22. The minimum atomic E-state index is -0.0813. The molecule has 6 heterocycles. The van der Waals surface area contributed by atoms with Crippen molar-refractivity contribution in [2.75, 3.05) is 9.80 Å². The highest BCUT2D eigenvalue weighted by Crippen LogP contribution is 2.50. The normalized spacial score (nSPS) is 12.9. The lowest BCUT2D eigenvalue weighted by molar-refractivity contribution is 0.573. The molecule has 6 nitrogen and oxygen atoms in total. The monoisotopic (exact) mass is 1020 g/mol. The summed E-state index contributed by atoms with van der Waals surface area (Å²) in [6.45, 7) is 19.6. The first-order chi connectivity index (χ1) is 38.6. The largest absolute Gasteiger partial charge is 0.454 e. The van der Waals surface area contributed by atoms with Crippen molar-refractivity contribution in [2.45, 2.75) is 46.0 Å². The Labute approximate surface area is 455 Å². The minimum Gasteiger partial charge on any atom is -0.454 e. The van der Waals surface area contributed by atoms with Crippen LogP contribution < -0.4 is 9.80 Å². The fourth-order valence-electron chi connectivity index (χ4n) is 13.5. The molecule has 0 radical (unpaired) electrons. The Hall–Kier alpha value is -9.78. The van der Waals surface area contributed by atoms with E-state index in [4.69, 9.17) is 8.83 Å². The summed E-state index contributed by atoms with van der Waals surface area (Å²) in [4.78, 5) is 4.62. The Morgan fingerprint density at radius 1 is 0.443 bits per heavy atom. The van der Waals surface area contributed by atoms with Crippen LogP contribution in [-0.4, -0.2) is 8.80 Å². The van der Waals surface area contributed by atoms with Crippen LogP contribution in [0, 0.1) is 0 Å².